The Bertz CT molecular complexity index is 944. The smallest absolute Gasteiger partial charge is 0.262 e. The number of sulfonamides is 1. The van der Waals surface area contributed by atoms with Crippen molar-refractivity contribution in [3.8, 4) is 5.75 Å². The third-order valence-corrected chi connectivity index (χ3v) is 6.29. The highest BCUT2D eigenvalue weighted by molar-refractivity contribution is 9.10. The van der Waals surface area contributed by atoms with Gasteiger partial charge in [-0.3, -0.25) is 4.79 Å². The van der Waals surface area contributed by atoms with Gasteiger partial charge in [0, 0.05) is 16.7 Å². The van der Waals surface area contributed by atoms with E-state index in [2.05, 4.69) is 26.0 Å². The number of benzene rings is 2. The molecule has 0 aromatic heterocycles. The number of amides is 1. The van der Waals surface area contributed by atoms with Gasteiger partial charge in [-0.15, -0.1) is 0 Å². The molecule has 158 valence electrons. The predicted molar refractivity (Wildman–Crippen MR) is 119 cm³/mol. The Kier molecular flexibility index (Phi) is 8.67. The molecule has 0 aliphatic carbocycles. The molecule has 1 amide bonds. The number of anilines is 1. The van der Waals surface area contributed by atoms with Crippen molar-refractivity contribution in [2.24, 2.45) is 0 Å². The molecule has 0 saturated carbocycles. The zero-order chi connectivity index (χ0) is 21.4. The fraction of sp³-hybridized carbons (Fsp3) is 0.381. The van der Waals surface area contributed by atoms with E-state index in [4.69, 9.17) is 4.74 Å². The van der Waals surface area contributed by atoms with Crippen LogP contribution in [0.4, 0.5) is 5.69 Å². The molecule has 0 unspecified atom stereocenters. The minimum atomic E-state index is -3.53. The van der Waals surface area contributed by atoms with E-state index in [1.165, 1.54) is 12.1 Å². The van der Waals surface area contributed by atoms with E-state index in [0.29, 0.717) is 12.3 Å². The Balaban J connectivity index is 1.96. The molecule has 2 rings (SSSR count). The van der Waals surface area contributed by atoms with Gasteiger partial charge in [0.15, 0.2) is 6.61 Å². The Morgan fingerprint density at radius 2 is 1.83 bits per heavy atom. The summed E-state index contributed by atoms with van der Waals surface area (Å²) in [6, 6.07) is 9.96. The van der Waals surface area contributed by atoms with E-state index >= 15 is 0 Å². The average molecular weight is 483 g/mol. The lowest BCUT2D eigenvalue weighted by atomic mass is 10.1. The number of carbonyl (C=O) groups excluding carboxylic acids is 1. The van der Waals surface area contributed by atoms with Gasteiger partial charge in [0.1, 0.15) is 5.75 Å². The third kappa shape index (κ3) is 6.83. The van der Waals surface area contributed by atoms with Gasteiger partial charge < -0.3 is 10.1 Å². The van der Waals surface area contributed by atoms with Crippen LogP contribution in [0.1, 0.15) is 37.8 Å². The summed E-state index contributed by atoms with van der Waals surface area (Å²) in [4.78, 5) is 12.5. The lowest BCUT2D eigenvalue weighted by Gasteiger charge is -2.14. The molecule has 0 radical (unpaired) electrons. The van der Waals surface area contributed by atoms with Crippen molar-refractivity contribution in [3.63, 3.8) is 0 Å². The first-order valence-electron chi connectivity index (χ1n) is 9.58. The summed E-state index contributed by atoms with van der Waals surface area (Å²) >= 11 is 3.47. The predicted octanol–water partition coefficient (Wildman–Crippen LogP) is 4.42. The summed E-state index contributed by atoms with van der Waals surface area (Å²) in [5.41, 5.74) is 2.80. The molecule has 0 bridgehead atoms. The molecule has 8 heteroatoms. The highest BCUT2D eigenvalue weighted by Crippen LogP contribution is 2.26. The number of nitrogens with one attached hydrogen (secondary N) is 2. The first-order chi connectivity index (χ1) is 13.8. The second-order valence-corrected chi connectivity index (χ2v) is 9.35. The van der Waals surface area contributed by atoms with Gasteiger partial charge in [-0.25, -0.2) is 13.1 Å². The van der Waals surface area contributed by atoms with E-state index < -0.39 is 10.0 Å². The molecule has 0 fully saturated rings. The first kappa shape index (κ1) is 23.4. The topological polar surface area (TPSA) is 84.5 Å². The van der Waals surface area contributed by atoms with Crippen molar-refractivity contribution < 1.29 is 17.9 Å². The van der Waals surface area contributed by atoms with Crippen molar-refractivity contribution >= 4 is 37.5 Å². The van der Waals surface area contributed by atoms with Crippen LogP contribution in [0, 0.1) is 6.92 Å². The van der Waals surface area contributed by atoms with Gasteiger partial charge in [0.25, 0.3) is 5.91 Å². The summed E-state index contributed by atoms with van der Waals surface area (Å²) in [6.07, 6.45) is 2.49. The summed E-state index contributed by atoms with van der Waals surface area (Å²) < 4.78 is 33.4. The molecule has 0 aliphatic heterocycles. The molecule has 0 aliphatic rings. The monoisotopic (exact) mass is 482 g/mol. The molecule has 29 heavy (non-hydrogen) atoms. The Labute approximate surface area is 181 Å². The molecule has 2 aromatic carbocycles. The van der Waals surface area contributed by atoms with Crippen LogP contribution in [0.5, 0.6) is 5.75 Å². The van der Waals surface area contributed by atoms with Gasteiger partial charge >= 0.3 is 0 Å². The highest BCUT2D eigenvalue weighted by atomic mass is 79.9. The third-order valence-electron chi connectivity index (χ3n) is 4.35. The van der Waals surface area contributed by atoms with Crippen LogP contribution in [0.3, 0.4) is 0 Å². The second kappa shape index (κ2) is 10.8. The maximum absolute atomic E-state index is 12.3. The van der Waals surface area contributed by atoms with Crippen molar-refractivity contribution in [3.05, 3.63) is 52.0 Å². The summed E-state index contributed by atoms with van der Waals surface area (Å²) in [6.45, 7) is 6.21. The highest BCUT2D eigenvalue weighted by Gasteiger charge is 2.14. The number of rotatable bonds is 10. The van der Waals surface area contributed by atoms with E-state index in [-0.39, 0.29) is 17.4 Å². The zero-order valence-corrected chi connectivity index (χ0v) is 19.3. The Hall–Kier alpha value is -1.90. The van der Waals surface area contributed by atoms with E-state index in [1.807, 2.05) is 32.9 Å². The summed E-state index contributed by atoms with van der Waals surface area (Å²) in [5.74, 6) is 0.152. The molecular formula is C21H27BrN2O4S. The van der Waals surface area contributed by atoms with Crippen LogP contribution < -0.4 is 14.8 Å². The van der Waals surface area contributed by atoms with E-state index in [1.54, 1.807) is 12.1 Å². The van der Waals surface area contributed by atoms with Crippen LogP contribution >= 0.6 is 15.9 Å². The van der Waals surface area contributed by atoms with Crippen molar-refractivity contribution in [2.45, 2.75) is 44.9 Å². The fourth-order valence-electron chi connectivity index (χ4n) is 2.78. The average Bonchev–Trinajstić information content (AvgIpc) is 2.68. The number of hydrogen-bond acceptors (Lipinski definition) is 4. The van der Waals surface area contributed by atoms with Crippen LogP contribution in [-0.4, -0.2) is 27.5 Å². The van der Waals surface area contributed by atoms with Crippen LogP contribution in [0.15, 0.2) is 45.8 Å². The zero-order valence-electron chi connectivity index (χ0n) is 16.9. The summed E-state index contributed by atoms with van der Waals surface area (Å²) in [7, 11) is -3.53. The maximum atomic E-state index is 12.3. The minimum absolute atomic E-state index is 0.167. The minimum Gasteiger partial charge on any atom is -0.484 e. The van der Waals surface area contributed by atoms with Gasteiger partial charge in [-0.1, -0.05) is 36.2 Å². The fourth-order valence-corrected chi connectivity index (χ4v) is 4.47. The Morgan fingerprint density at radius 1 is 1.14 bits per heavy atom. The normalized spacial score (nSPS) is 11.3. The van der Waals surface area contributed by atoms with Gasteiger partial charge in [0.2, 0.25) is 10.0 Å². The second-order valence-electron chi connectivity index (χ2n) is 6.67. The van der Waals surface area contributed by atoms with Gasteiger partial charge in [-0.2, -0.15) is 0 Å². The van der Waals surface area contributed by atoms with Crippen LogP contribution in [0.25, 0.3) is 0 Å². The molecule has 2 aromatic rings. The molecule has 0 saturated heterocycles. The number of ether oxygens (including phenoxy) is 1. The van der Waals surface area contributed by atoms with Gasteiger partial charge in [-0.05, 0) is 67.3 Å². The van der Waals surface area contributed by atoms with Crippen molar-refractivity contribution in [1.29, 1.82) is 0 Å². The largest absolute Gasteiger partial charge is 0.484 e. The number of unbranched alkanes of at least 4 members (excludes halogenated alkanes) is 1. The number of aryl methyl sites for hydroxylation is 2. The SMILES string of the molecule is CCCCNS(=O)(=O)c1ccc(OCC(=O)Nc2c(C)cc(Br)cc2CC)cc1. The number of hydrogen-bond donors (Lipinski definition) is 2. The van der Waals surface area contributed by atoms with Crippen LogP contribution in [0.2, 0.25) is 0 Å². The summed E-state index contributed by atoms with van der Waals surface area (Å²) in [5, 5.41) is 2.90. The van der Waals surface area contributed by atoms with E-state index in [0.717, 1.165) is 40.5 Å². The quantitative estimate of drug-likeness (QED) is 0.491. The van der Waals surface area contributed by atoms with Crippen molar-refractivity contribution in [2.75, 3.05) is 18.5 Å². The molecule has 2 N–H and O–H groups in total. The number of halogens is 1. The standard InChI is InChI=1S/C21H27BrN2O4S/c1-4-6-11-23-29(26,27)19-9-7-18(8-10-19)28-14-20(25)24-21-15(3)12-17(22)13-16(21)5-2/h7-10,12-13,23H,4-6,11,14H2,1-3H3,(H,24,25). The molecule has 6 nitrogen and oxygen atoms in total. The van der Waals surface area contributed by atoms with Gasteiger partial charge in [0.05, 0.1) is 4.90 Å². The molecule has 0 spiro atoms. The molecule has 0 heterocycles. The molecule has 0 atom stereocenters. The van der Waals surface area contributed by atoms with E-state index in [9.17, 15) is 13.2 Å². The number of carbonyl (C=O) groups is 1. The first-order valence-corrected chi connectivity index (χ1v) is 11.9. The molecular weight excluding hydrogens is 456 g/mol. The Morgan fingerprint density at radius 3 is 2.45 bits per heavy atom. The lowest BCUT2D eigenvalue weighted by molar-refractivity contribution is -0.118. The maximum Gasteiger partial charge on any atom is 0.262 e. The lowest BCUT2D eigenvalue weighted by Crippen LogP contribution is -2.24. The van der Waals surface area contributed by atoms with Crippen LogP contribution in [-0.2, 0) is 21.2 Å². The van der Waals surface area contributed by atoms with Crippen molar-refractivity contribution in [1.82, 2.24) is 4.72 Å².